The minimum atomic E-state index is -0.205. The molecule has 1 amide bonds. The summed E-state index contributed by atoms with van der Waals surface area (Å²) in [5, 5.41) is 4.99. The molecule has 3 aliphatic rings. The summed E-state index contributed by atoms with van der Waals surface area (Å²) in [5.74, 6) is 1.95. The van der Waals surface area contributed by atoms with Gasteiger partial charge in [-0.05, 0) is 72.9 Å². The molecule has 1 aromatic carbocycles. The Morgan fingerprint density at radius 1 is 1.19 bits per heavy atom. The third-order valence-corrected chi connectivity index (χ3v) is 10.2. The van der Waals surface area contributed by atoms with Gasteiger partial charge in [-0.25, -0.2) is 0 Å². The summed E-state index contributed by atoms with van der Waals surface area (Å²) in [6.45, 7) is 0.0194. The number of thiazole rings is 1. The van der Waals surface area contributed by atoms with Crippen molar-refractivity contribution in [2.24, 2.45) is 17.8 Å². The van der Waals surface area contributed by atoms with Crippen LogP contribution < -0.4 is 10.2 Å². The summed E-state index contributed by atoms with van der Waals surface area (Å²) < 4.78 is 1.68. The summed E-state index contributed by atoms with van der Waals surface area (Å²) in [6, 6.07) is 11.1. The molecule has 2 aliphatic carbocycles. The Kier molecular flexibility index (Phi) is 5.16. The summed E-state index contributed by atoms with van der Waals surface area (Å²) in [5.41, 5.74) is 1.86. The van der Waals surface area contributed by atoms with Gasteiger partial charge < -0.3 is 5.32 Å². The van der Waals surface area contributed by atoms with Gasteiger partial charge in [0.05, 0.1) is 5.03 Å². The Balaban J connectivity index is 1.35. The number of rotatable bonds is 4. The average Bonchev–Trinajstić information content (AvgIpc) is 3.49. The van der Waals surface area contributed by atoms with Crippen LogP contribution in [-0.2, 0) is 11.3 Å². The minimum Gasteiger partial charge on any atom is -0.325 e. The Labute approximate surface area is 199 Å². The van der Waals surface area contributed by atoms with Crippen LogP contribution in [0.25, 0.3) is 0 Å². The first-order valence-electron chi connectivity index (χ1n) is 10.9. The second kappa shape index (κ2) is 8.04. The van der Waals surface area contributed by atoms with Crippen molar-refractivity contribution < 1.29 is 4.79 Å². The van der Waals surface area contributed by atoms with Crippen molar-refractivity contribution in [2.45, 2.75) is 42.0 Å². The zero-order valence-electron chi connectivity index (χ0n) is 17.2. The molecule has 2 bridgehead atoms. The van der Waals surface area contributed by atoms with E-state index in [9.17, 15) is 9.59 Å². The van der Waals surface area contributed by atoms with Gasteiger partial charge in [0.25, 0.3) is 0 Å². The second-order valence-corrected chi connectivity index (χ2v) is 11.5. The maximum Gasteiger partial charge on any atom is 0.308 e. The van der Waals surface area contributed by atoms with Gasteiger partial charge in [-0.15, -0.1) is 11.8 Å². The van der Waals surface area contributed by atoms with Crippen LogP contribution >= 0.6 is 34.7 Å². The van der Waals surface area contributed by atoms with Crippen LogP contribution in [0.3, 0.4) is 0 Å². The van der Waals surface area contributed by atoms with Crippen LogP contribution in [0.1, 0.15) is 35.6 Å². The van der Waals surface area contributed by atoms with E-state index in [-0.39, 0.29) is 23.2 Å². The SMILES string of the molecule is O=C(Cn1c2c(sc1=O)[C@@H](c1cccnc1)[C@@H]1[C@H]3CC[C@@H](C3)[C@H]1S2)Nc1ccc(Cl)cc1. The largest absolute Gasteiger partial charge is 0.325 e. The Bertz CT molecular complexity index is 1220. The number of aromatic nitrogens is 2. The number of thioether (sulfide) groups is 1. The monoisotopic (exact) mass is 483 g/mol. The van der Waals surface area contributed by atoms with E-state index in [1.807, 2.05) is 24.0 Å². The van der Waals surface area contributed by atoms with Crippen LogP contribution in [0, 0.1) is 17.8 Å². The molecule has 8 heteroatoms. The predicted molar refractivity (Wildman–Crippen MR) is 129 cm³/mol. The molecule has 3 aromatic rings. The van der Waals surface area contributed by atoms with Crippen LogP contribution in [0.2, 0.25) is 5.02 Å². The van der Waals surface area contributed by atoms with Crippen molar-refractivity contribution in [1.29, 1.82) is 0 Å². The fraction of sp³-hybridized carbons (Fsp3) is 0.375. The van der Waals surface area contributed by atoms with Crippen molar-refractivity contribution in [3.63, 3.8) is 0 Å². The zero-order chi connectivity index (χ0) is 21.8. The van der Waals surface area contributed by atoms with Gasteiger partial charge in [-0.2, -0.15) is 0 Å². The Hall–Kier alpha value is -2.09. The van der Waals surface area contributed by atoms with Crippen molar-refractivity contribution in [3.8, 4) is 0 Å². The summed E-state index contributed by atoms with van der Waals surface area (Å²) in [7, 11) is 0. The topological polar surface area (TPSA) is 64.0 Å². The molecular weight excluding hydrogens is 462 g/mol. The quantitative estimate of drug-likeness (QED) is 0.550. The fourth-order valence-electron chi connectivity index (χ4n) is 5.90. The molecule has 3 heterocycles. The molecule has 2 aromatic heterocycles. The first kappa shape index (κ1) is 20.5. The number of nitrogens with zero attached hydrogens (tertiary/aromatic N) is 2. The van der Waals surface area contributed by atoms with E-state index in [4.69, 9.17) is 11.6 Å². The molecule has 0 spiro atoms. The highest BCUT2D eigenvalue weighted by Crippen LogP contribution is 2.63. The number of carbonyl (C=O) groups excluding carboxylic acids is 1. The highest BCUT2D eigenvalue weighted by molar-refractivity contribution is 8.00. The van der Waals surface area contributed by atoms with Crippen molar-refractivity contribution in [2.75, 3.05) is 5.32 Å². The first-order valence-corrected chi connectivity index (χ1v) is 13.0. The van der Waals surface area contributed by atoms with Gasteiger partial charge in [0.15, 0.2) is 0 Å². The van der Waals surface area contributed by atoms with E-state index in [1.165, 1.54) is 36.2 Å². The zero-order valence-corrected chi connectivity index (χ0v) is 19.6. The van der Waals surface area contributed by atoms with E-state index < -0.39 is 0 Å². The lowest BCUT2D eigenvalue weighted by Gasteiger charge is -2.40. The van der Waals surface area contributed by atoms with Gasteiger partial charge in [-0.1, -0.05) is 29.0 Å². The maximum absolute atomic E-state index is 13.1. The number of fused-ring (bicyclic) bond motifs is 6. The Morgan fingerprint density at radius 2 is 2.00 bits per heavy atom. The molecule has 0 saturated heterocycles. The molecule has 2 fully saturated rings. The number of nitrogens with one attached hydrogen (secondary N) is 1. The van der Waals surface area contributed by atoms with Gasteiger partial charge in [-0.3, -0.25) is 19.1 Å². The third-order valence-electron chi connectivity index (χ3n) is 7.16. The lowest BCUT2D eigenvalue weighted by molar-refractivity contribution is -0.116. The number of benzene rings is 1. The van der Waals surface area contributed by atoms with Crippen LogP contribution in [0.5, 0.6) is 0 Å². The molecule has 2 saturated carbocycles. The number of carbonyl (C=O) groups is 1. The third kappa shape index (κ3) is 3.42. The fourth-order valence-corrected chi connectivity index (χ4v) is 9.17. The van der Waals surface area contributed by atoms with Crippen molar-refractivity contribution in [3.05, 3.63) is 73.9 Å². The number of pyridine rings is 1. The summed E-state index contributed by atoms with van der Waals surface area (Å²) in [6.07, 6.45) is 7.61. The van der Waals surface area contributed by atoms with E-state index >= 15 is 0 Å². The maximum atomic E-state index is 13.1. The number of amides is 1. The second-order valence-electron chi connectivity index (χ2n) is 8.94. The Morgan fingerprint density at radius 3 is 2.78 bits per heavy atom. The lowest BCUT2D eigenvalue weighted by Crippen LogP contribution is -2.34. The van der Waals surface area contributed by atoms with Gasteiger partial charge in [0.1, 0.15) is 6.54 Å². The molecule has 5 nitrogen and oxygen atoms in total. The molecule has 0 radical (unpaired) electrons. The highest BCUT2D eigenvalue weighted by Gasteiger charge is 2.55. The highest BCUT2D eigenvalue weighted by atomic mass is 35.5. The van der Waals surface area contributed by atoms with Gasteiger partial charge in [0, 0.05) is 39.1 Å². The summed E-state index contributed by atoms with van der Waals surface area (Å²) >= 11 is 9.08. The van der Waals surface area contributed by atoms with E-state index in [0.717, 1.165) is 15.8 Å². The van der Waals surface area contributed by atoms with Gasteiger partial charge >= 0.3 is 4.87 Å². The van der Waals surface area contributed by atoms with Crippen LogP contribution in [0.15, 0.2) is 58.6 Å². The van der Waals surface area contributed by atoms with Crippen LogP contribution in [-0.4, -0.2) is 20.7 Å². The number of hydrogen-bond donors (Lipinski definition) is 1. The summed E-state index contributed by atoms with van der Waals surface area (Å²) in [4.78, 5) is 31.3. The molecule has 0 unspecified atom stereocenters. The smallest absolute Gasteiger partial charge is 0.308 e. The van der Waals surface area contributed by atoms with Crippen molar-refractivity contribution >= 4 is 46.3 Å². The van der Waals surface area contributed by atoms with Gasteiger partial charge in [0.2, 0.25) is 5.91 Å². The lowest BCUT2D eigenvalue weighted by atomic mass is 9.75. The van der Waals surface area contributed by atoms with Crippen molar-refractivity contribution in [1.82, 2.24) is 9.55 Å². The minimum absolute atomic E-state index is 0.0194. The molecule has 32 heavy (non-hydrogen) atoms. The average molecular weight is 484 g/mol. The van der Waals surface area contributed by atoms with E-state index in [2.05, 4.69) is 16.4 Å². The molecule has 164 valence electrons. The number of halogens is 1. The predicted octanol–water partition coefficient (Wildman–Crippen LogP) is 5.25. The van der Waals surface area contributed by atoms with Crippen LogP contribution in [0.4, 0.5) is 5.69 Å². The molecule has 1 aliphatic heterocycles. The van der Waals surface area contributed by atoms with E-state index in [1.54, 1.807) is 35.0 Å². The molecule has 5 atom stereocenters. The number of anilines is 1. The molecular formula is C24H22ClN3O2S2. The normalized spacial score (nSPS) is 27.7. The standard InChI is InChI=1S/C24H22ClN3O2S2/c25-16-5-7-17(8-6-16)27-18(29)12-28-23-22(32-24(28)30)20(15-2-1-9-26-11-15)19-13-3-4-14(10-13)21(19)31-23/h1-2,5-9,11,13-14,19-21H,3-4,10,12H2,(H,27,29)/t13-,14-,19-,20-,21+/m0/s1. The number of hydrogen-bond acceptors (Lipinski definition) is 5. The first-order chi connectivity index (χ1) is 15.6. The van der Waals surface area contributed by atoms with E-state index in [0.29, 0.717) is 27.8 Å². The molecule has 6 rings (SSSR count). The molecule has 1 N–H and O–H groups in total.